The van der Waals surface area contributed by atoms with Gasteiger partial charge in [-0.2, -0.15) is 0 Å². The first-order valence-corrected chi connectivity index (χ1v) is 7.05. The van der Waals surface area contributed by atoms with E-state index >= 15 is 0 Å². The van der Waals surface area contributed by atoms with Crippen LogP contribution in [0.4, 0.5) is 0 Å². The second-order valence-electron chi connectivity index (χ2n) is 5.09. The maximum atomic E-state index is 5.37. The molecule has 3 heteroatoms. The molecule has 1 N–H and O–H groups in total. The Morgan fingerprint density at radius 2 is 1.84 bits per heavy atom. The summed E-state index contributed by atoms with van der Waals surface area (Å²) in [4.78, 5) is 0. The highest BCUT2D eigenvalue weighted by Gasteiger charge is 2.15. The summed E-state index contributed by atoms with van der Waals surface area (Å²) in [5, 5.41) is 3.40. The number of nitrogens with one attached hydrogen (secondary N) is 1. The van der Waals surface area contributed by atoms with Crippen LogP contribution in [0, 0.1) is 5.92 Å². The molecule has 0 fully saturated rings. The Labute approximate surface area is 117 Å². The molecule has 1 aromatic rings. The molecule has 0 aliphatic heterocycles. The molecule has 0 amide bonds. The van der Waals surface area contributed by atoms with Gasteiger partial charge in [0.1, 0.15) is 0 Å². The zero-order valence-corrected chi connectivity index (χ0v) is 12.8. The molecule has 0 spiro atoms. The molecule has 1 rings (SSSR count). The van der Waals surface area contributed by atoms with Gasteiger partial charge in [0, 0.05) is 6.04 Å². The van der Waals surface area contributed by atoms with E-state index in [2.05, 4.69) is 31.3 Å². The molecule has 0 bridgehead atoms. The van der Waals surface area contributed by atoms with Crippen molar-refractivity contribution in [2.45, 2.75) is 39.2 Å². The van der Waals surface area contributed by atoms with Gasteiger partial charge in [0.05, 0.1) is 14.2 Å². The van der Waals surface area contributed by atoms with Crippen molar-refractivity contribution < 1.29 is 9.47 Å². The van der Waals surface area contributed by atoms with Crippen molar-refractivity contribution in [3.05, 3.63) is 23.8 Å². The van der Waals surface area contributed by atoms with E-state index in [1.807, 2.05) is 13.1 Å². The molecule has 0 aliphatic carbocycles. The molecule has 0 aromatic heterocycles. The number of hydrogen-bond acceptors (Lipinski definition) is 3. The Morgan fingerprint density at radius 1 is 1.16 bits per heavy atom. The predicted molar refractivity (Wildman–Crippen MR) is 80.0 cm³/mol. The lowest BCUT2D eigenvalue weighted by Gasteiger charge is -2.21. The van der Waals surface area contributed by atoms with Gasteiger partial charge in [0.15, 0.2) is 11.5 Å². The lowest BCUT2D eigenvalue weighted by molar-refractivity contribution is 0.352. The second-order valence-corrected chi connectivity index (χ2v) is 5.09. The molecular weight excluding hydrogens is 238 g/mol. The zero-order chi connectivity index (χ0) is 14.3. The first-order valence-electron chi connectivity index (χ1n) is 7.05. The first kappa shape index (κ1) is 15.8. The molecule has 108 valence electrons. The lowest BCUT2D eigenvalue weighted by atomic mass is 9.93. The summed E-state index contributed by atoms with van der Waals surface area (Å²) in [6.07, 6.45) is 3.65. The predicted octanol–water partition coefficient (Wildman–Crippen LogP) is 3.79. The van der Waals surface area contributed by atoms with E-state index in [4.69, 9.17) is 9.47 Å². The van der Waals surface area contributed by atoms with Crippen LogP contribution < -0.4 is 14.8 Å². The summed E-state index contributed by atoms with van der Waals surface area (Å²) in [5.41, 5.74) is 1.25. The van der Waals surface area contributed by atoms with Crippen LogP contribution in [-0.2, 0) is 0 Å². The fourth-order valence-electron chi connectivity index (χ4n) is 2.50. The highest BCUT2D eigenvalue weighted by molar-refractivity contribution is 5.43. The van der Waals surface area contributed by atoms with Crippen LogP contribution in [0.2, 0.25) is 0 Å². The summed E-state index contributed by atoms with van der Waals surface area (Å²) >= 11 is 0. The summed E-state index contributed by atoms with van der Waals surface area (Å²) < 4.78 is 10.7. The highest BCUT2D eigenvalue weighted by atomic mass is 16.5. The van der Waals surface area contributed by atoms with Crippen LogP contribution in [0.15, 0.2) is 18.2 Å². The Kier molecular flexibility index (Phi) is 6.71. The van der Waals surface area contributed by atoms with E-state index < -0.39 is 0 Å². The average Bonchev–Trinajstić information content (AvgIpc) is 2.44. The van der Waals surface area contributed by atoms with E-state index in [1.54, 1.807) is 14.2 Å². The number of hydrogen-bond donors (Lipinski definition) is 1. The fraction of sp³-hybridized carbons (Fsp3) is 0.625. The highest BCUT2D eigenvalue weighted by Crippen LogP contribution is 2.32. The van der Waals surface area contributed by atoms with Crippen molar-refractivity contribution in [1.82, 2.24) is 5.32 Å². The maximum absolute atomic E-state index is 5.37. The van der Waals surface area contributed by atoms with Gasteiger partial charge in [0.2, 0.25) is 0 Å². The topological polar surface area (TPSA) is 30.5 Å². The van der Waals surface area contributed by atoms with Gasteiger partial charge >= 0.3 is 0 Å². The molecule has 0 heterocycles. The van der Waals surface area contributed by atoms with E-state index in [-0.39, 0.29) is 0 Å². The Hall–Kier alpha value is -1.22. The number of benzene rings is 1. The van der Waals surface area contributed by atoms with Crippen molar-refractivity contribution in [2.75, 3.05) is 21.3 Å². The minimum absolute atomic E-state index is 0.362. The van der Waals surface area contributed by atoms with Crippen LogP contribution in [0.1, 0.15) is 44.7 Å². The largest absolute Gasteiger partial charge is 0.493 e. The molecule has 0 saturated heterocycles. The summed E-state index contributed by atoms with van der Waals surface area (Å²) in [6, 6.07) is 6.52. The van der Waals surface area contributed by atoms with Gasteiger partial charge in [-0.1, -0.05) is 32.8 Å². The van der Waals surface area contributed by atoms with E-state index in [0.717, 1.165) is 23.8 Å². The molecular formula is C16H27NO2. The average molecular weight is 265 g/mol. The van der Waals surface area contributed by atoms with Gasteiger partial charge in [-0.3, -0.25) is 0 Å². The van der Waals surface area contributed by atoms with Gasteiger partial charge in [0.25, 0.3) is 0 Å². The first-order chi connectivity index (χ1) is 9.15. The number of rotatable bonds is 8. The van der Waals surface area contributed by atoms with Crippen LogP contribution in [-0.4, -0.2) is 21.3 Å². The zero-order valence-electron chi connectivity index (χ0n) is 12.8. The summed E-state index contributed by atoms with van der Waals surface area (Å²) in [5.74, 6) is 2.29. The monoisotopic (exact) mass is 265 g/mol. The summed E-state index contributed by atoms with van der Waals surface area (Å²) in [6.45, 7) is 4.55. The third kappa shape index (κ3) is 4.43. The SMILES string of the molecule is CCCC(C)CC(NC)c1ccc(OC)c(OC)c1. The molecule has 2 atom stereocenters. The van der Waals surface area contributed by atoms with Crippen molar-refractivity contribution in [3.8, 4) is 11.5 Å². The minimum atomic E-state index is 0.362. The standard InChI is InChI=1S/C16H27NO2/c1-6-7-12(2)10-14(17-3)13-8-9-15(18-4)16(11-13)19-5/h8-9,11-12,14,17H,6-7,10H2,1-5H3. The Morgan fingerprint density at radius 3 is 2.37 bits per heavy atom. The number of ether oxygens (including phenoxy) is 2. The maximum Gasteiger partial charge on any atom is 0.161 e. The smallest absolute Gasteiger partial charge is 0.161 e. The van der Waals surface area contributed by atoms with Crippen molar-refractivity contribution in [3.63, 3.8) is 0 Å². The van der Waals surface area contributed by atoms with Gasteiger partial charge in [-0.25, -0.2) is 0 Å². The Bertz CT molecular complexity index is 379. The molecule has 19 heavy (non-hydrogen) atoms. The summed E-state index contributed by atoms with van der Waals surface area (Å²) in [7, 11) is 5.35. The van der Waals surface area contributed by atoms with Crippen LogP contribution >= 0.6 is 0 Å². The van der Waals surface area contributed by atoms with Crippen molar-refractivity contribution in [2.24, 2.45) is 5.92 Å². The van der Waals surface area contributed by atoms with Crippen molar-refractivity contribution >= 4 is 0 Å². The minimum Gasteiger partial charge on any atom is -0.493 e. The third-order valence-corrected chi connectivity index (χ3v) is 3.58. The molecule has 0 saturated carbocycles. The van der Waals surface area contributed by atoms with E-state index in [9.17, 15) is 0 Å². The fourth-order valence-corrected chi connectivity index (χ4v) is 2.50. The van der Waals surface area contributed by atoms with E-state index in [0.29, 0.717) is 6.04 Å². The molecule has 1 aromatic carbocycles. The normalized spacial score (nSPS) is 13.9. The second kappa shape index (κ2) is 8.05. The molecule has 0 aliphatic rings. The quantitative estimate of drug-likeness (QED) is 0.775. The van der Waals surface area contributed by atoms with Crippen LogP contribution in [0.3, 0.4) is 0 Å². The van der Waals surface area contributed by atoms with E-state index in [1.165, 1.54) is 18.4 Å². The van der Waals surface area contributed by atoms with Gasteiger partial charge < -0.3 is 14.8 Å². The molecule has 3 nitrogen and oxygen atoms in total. The van der Waals surface area contributed by atoms with Crippen molar-refractivity contribution in [1.29, 1.82) is 0 Å². The molecule has 0 radical (unpaired) electrons. The Balaban J connectivity index is 2.86. The van der Waals surface area contributed by atoms with Crippen LogP contribution in [0.25, 0.3) is 0 Å². The third-order valence-electron chi connectivity index (χ3n) is 3.58. The van der Waals surface area contributed by atoms with Crippen LogP contribution in [0.5, 0.6) is 11.5 Å². The number of methoxy groups -OCH3 is 2. The lowest BCUT2D eigenvalue weighted by Crippen LogP contribution is -2.19. The van der Waals surface area contributed by atoms with Gasteiger partial charge in [-0.05, 0) is 37.1 Å². The van der Waals surface area contributed by atoms with Gasteiger partial charge in [-0.15, -0.1) is 0 Å². The molecule has 2 unspecified atom stereocenters.